The molecule has 106 valence electrons. The first-order chi connectivity index (χ1) is 9.65. The maximum Gasteiger partial charge on any atom is 0.123 e. The van der Waals surface area contributed by atoms with Crippen LogP contribution in [0.15, 0.2) is 53.0 Å². The molecule has 0 saturated carbocycles. The van der Waals surface area contributed by atoms with E-state index < -0.39 is 0 Å². The summed E-state index contributed by atoms with van der Waals surface area (Å²) in [5, 5.41) is 3.34. The van der Waals surface area contributed by atoms with Crippen LogP contribution in [0.2, 0.25) is 0 Å². The van der Waals surface area contributed by atoms with Gasteiger partial charge in [-0.3, -0.25) is 0 Å². The first-order valence-electron chi connectivity index (χ1n) is 6.52. The fraction of sp³-hybridized carbons (Fsp3) is 0.250. The minimum Gasteiger partial charge on any atom is -0.492 e. The Morgan fingerprint density at radius 1 is 1.20 bits per heavy atom. The number of halogens is 2. The smallest absolute Gasteiger partial charge is 0.123 e. The van der Waals surface area contributed by atoms with Gasteiger partial charge in [0.2, 0.25) is 0 Å². The van der Waals surface area contributed by atoms with Crippen molar-refractivity contribution in [3.8, 4) is 5.75 Å². The molecule has 0 heterocycles. The van der Waals surface area contributed by atoms with Gasteiger partial charge in [-0.2, -0.15) is 0 Å². The zero-order valence-electron chi connectivity index (χ0n) is 11.3. The highest BCUT2D eigenvalue weighted by atomic mass is 79.9. The lowest BCUT2D eigenvalue weighted by molar-refractivity contribution is 0.307. The average molecular weight is 338 g/mol. The molecular formula is C16H17BrFNO. The molecule has 0 fully saturated rings. The standard InChI is InChI=1S/C16H17BrFNO/c1-12(13-5-7-15(18)8-6-13)19-9-10-20-16-4-2-3-14(17)11-16/h2-8,11-12,19H,9-10H2,1H3/t12-/m0/s1. The van der Waals surface area contributed by atoms with Gasteiger partial charge in [0, 0.05) is 17.1 Å². The molecule has 0 aromatic heterocycles. The highest BCUT2D eigenvalue weighted by Crippen LogP contribution is 2.17. The molecule has 2 aromatic rings. The van der Waals surface area contributed by atoms with E-state index >= 15 is 0 Å². The quantitative estimate of drug-likeness (QED) is 0.792. The van der Waals surface area contributed by atoms with Gasteiger partial charge >= 0.3 is 0 Å². The van der Waals surface area contributed by atoms with E-state index in [2.05, 4.69) is 21.2 Å². The van der Waals surface area contributed by atoms with Gasteiger partial charge in [-0.05, 0) is 42.8 Å². The molecule has 0 aliphatic heterocycles. The van der Waals surface area contributed by atoms with Crippen LogP contribution in [-0.4, -0.2) is 13.2 Å². The normalized spacial score (nSPS) is 12.2. The maximum atomic E-state index is 12.8. The fourth-order valence-electron chi connectivity index (χ4n) is 1.87. The summed E-state index contributed by atoms with van der Waals surface area (Å²) in [7, 11) is 0. The molecule has 2 nitrogen and oxygen atoms in total. The Kier molecular flexibility index (Phi) is 5.56. The predicted octanol–water partition coefficient (Wildman–Crippen LogP) is 4.32. The predicted molar refractivity (Wildman–Crippen MR) is 82.5 cm³/mol. The van der Waals surface area contributed by atoms with Crippen LogP contribution in [0.3, 0.4) is 0 Å². The van der Waals surface area contributed by atoms with Gasteiger partial charge in [-0.15, -0.1) is 0 Å². The van der Waals surface area contributed by atoms with Gasteiger partial charge in [0.25, 0.3) is 0 Å². The molecule has 0 unspecified atom stereocenters. The van der Waals surface area contributed by atoms with Crippen molar-refractivity contribution in [1.29, 1.82) is 0 Å². The van der Waals surface area contributed by atoms with Crippen LogP contribution in [0.5, 0.6) is 5.75 Å². The first-order valence-corrected chi connectivity index (χ1v) is 7.31. The van der Waals surface area contributed by atoms with Gasteiger partial charge in [0.1, 0.15) is 18.2 Å². The number of hydrogen-bond acceptors (Lipinski definition) is 2. The second-order valence-electron chi connectivity index (χ2n) is 4.53. The molecule has 4 heteroatoms. The summed E-state index contributed by atoms with van der Waals surface area (Å²) in [5.41, 5.74) is 1.06. The molecule has 0 aliphatic carbocycles. The van der Waals surface area contributed by atoms with E-state index in [1.54, 1.807) is 12.1 Å². The van der Waals surface area contributed by atoms with E-state index in [1.165, 1.54) is 12.1 Å². The number of nitrogens with one attached hydrogen (secondary N) is 1. The summed E-state index contributed by atoms with van der Waals surface area (Å²) in [6.07, 6.45) is 0. The van der Waals surface area contributed by atoms with Crippen molar-refractivity contribution in [3.63, 3.8) is 0 Å². The van der Waals surface area contributed by atoms with Gasteiger partial charge < -0.3 is 10.1 Å². The Labute approximate surface area is 127 Å². The molecule has 0 aliphatic rings. The lowest BCUT2D eigenvalue weighted by Gasteiger charge is -2.14. The summed E-state index contributed by atoms with van der Waals surface area (Å²) in [4.78, 5) is 0. The van der Waals surface area contributed by atoms with Crippen molar-refractivity contribution in [3.05, 3.63) is 64.4 Å². The van der Waals surface area contributed by atoms with E-state index in [1.807, 2.05) is 31.2 Å². The first kappa shape index (κ1) is 15.0. The van der Waals surface area contributed by atoms with Gasteiger partial charge in [0.05, 0.1) is 0 Å². The lowest BCUT2D eigenvalue weighted by atomic mass is 10.1. The van der Waals surface area contributed by atoms with Crippen molar-refractivity contribution < 1.29 is 9.13 Å². The summed E-state index contributed by atoms with van der Waals surface area (Å²) in [6, 6.07) is 14.5. The average Bonchev–Trinajstić information content (AvgIpc) is 2.44. The van der Waals surface area contributed by atoms with Crippen LogP contribution in [0.1, 0.15) is 18.5 Å². The van der Waals surface area contributed by atoms with Gasteiger partial charge in [-0.25, -0.2) is 4.39 Å². The Bertz CT molecular complexity index is 544. The largest absolute Gasteiger partial charge is 0.492 e. The van der Waals surface area contributed by atoms with Crippen LogP contribution in [0, 0.1) is 5.82 Å². The second-order valence-corrected chi connectivity index (χ2v) is 5.45. The molecule has 2 rings (SSSR count). The molecule has 0 amide bonds. The number of ether oxygens (including phenoxy) is 1. The van der Waals surface area contributed by atoms with Gasteiger partial charge in [-0.1, -0.05) is 34.1 Å². The van der Waals surface area contributed by atoms with E-state index in [9.17, 15) is 4.39 Å². The number of benzene rings is 2. The van der Waals surface area contributed by atoms with Crippen molar-refractivity contribution in [2.24, 2.45) is 0 Å². The minimum absolute atomic E-state index is 0.168. The van der Waals surface area contributed by atoms with E-state index in [4.69, 9.17) is 4.74 Å². The van der Waals surface area contributed by atoms with Crippen molar-refractivity contribution in [2.75, 3.05) is 13.2 Å². The van der Waals surface area contributed by atoms with Crippen molar-refractivity contribution in [2.45, 2.75) is 13.0 Å². The van der Waals surface area contributed by atoms with E-state index in [-0.39, 0.29) is 11.9 Å². The Hall–Kier alpha value is -1.39. The molecular weight excluding hydrogens is 321 g/mol. The SMILES string of the molecule is C[C@H](NCCOc1cccc(Br)c1)c1ccc(F)cc1. The zero-order valence-corrected chi connectivity index (χ0v) is 12.9. The molecule has 1 atom stereocenters. The van der Waals surface area contributed by atoms with Crippen molar-refractivity contribution >= 4 is 15.9 Å². The molecule has 2 aromatic carbocycles. The molecule has 0 bridgehead atoms. The van der Waals surface area contributed by atoms with E-state index in [0.29, 0.717) is 6.61 Å². The summed E-state index contributed by atoms with van der Waals surface area (Å²) in [5.74, 6) is 0.634. The third-order valence-electron chi connectivity index (χ3n) is 2.99. The number of rotatable bonds is 6. The third kappa shape index (κ3) is 4.62. The summed E-state index contributed by atoms with van der Waals surface area (Å²) >= 11 is 3.40. The highest BCUT2D eigenvalue weighted by Gasteiger charge is 2.04. The maximum absolute atomic E-state index is 12.8. The van der Waals surface area contributed by atoms with E-state index in [0.717, 1.165) is 22.3 Å². The minimum atomic E-state index is -0.209. The summed E-state index contributed by atoms with van der Waals surface area (Å²) in [6.45, 7) is 3.36. The van der Waals surface area contributed by atoms with Crippen LogP contribution < -0.4 is 10.1 Å². The topological polar surface area (TPSA) is 21.3 Å². The Morgan fingerprint density at radius 2 is 1.95 bits per heavy atom. The molecule has 20 heavy (non-hydrogen) atoms. The number of hydrogen-bond donors (Lipinski definition) is 1. The summed E-state index contributed by atoms with van der Waals surface area (Å²) < 4.78 is 19.5. The third-order valence-corrected chi connectivity index (χ3v) is 3.48. The molecule has 0 saturated heterocycles. The monoisotopic (exact) mass is 337 g/mol. The molecule has 0 radical (unpaired) electrons. The molecule has 0 spiro atoms. The van der Waals surface area contributed by atoms with Crippen LogP contribution in [0.25, 0.3) is 0 Å². The molecule has 1 N–H and O–H groups in total. The van der Waals surface area contributed by atoms with Gasteiger partial charge in [0.15, 0.2) is 0 Å². The van der Waals surface area contributed by atoms with Crippen LogP contribution >= 0.6 is 15.9 Å². The fourth-order valence-corrected chi connectivity index (χ4v) is 2.25. The Morgan fingerprint density at radius 3 is 2.65 bits per heavy atom. The Balaban J connectivity index is 1.74. The second kappa shape index (κ2) is 7.41. The van der Waals surface area contributed by atoms with Crippen LogP contribution in [0.4, 0.5) is 4.39 Å². The lowest BCUT2D eigenvalue weighted by Crippen LogP contribution is -2.24. The highest BCUT2D eigenvalue weighted by molar-refractivity contribution is 9.10. The zero-order chi connectivity index (χ0) is 14.4. The van der Waals surface area contributed by atoms with Crippen LogP contribution in [-0.2, 0) is 0 Å². The van der Waals surface area contributed by atoms with Crippen molar-refractivity contribution in [1.82, 2.24) is 5.32 Å².